The Labute approximate surface area is 119 Å². The van der Waals surface area contributed by atoms with E-state index in [4.69, 9.17) is 4.74 Å². The summed E-state index contributed by atoms with van der Waals surface area (Å²) < 4.78 is 6.27. The van der Waals surface area contributed by atoms with Gasteiger partial charge in [-0.1, -0.05) is 15.9 Å². The van der Waals surface area contributed by atoms with Gasteiger partial charge in [0.2, 0.25) is 0 Å². The van der Waals surface area contributed by atoms with Crippen LogP contribution in [-0.2, 0) is 6.42 Å². The Morgan fingerprint density at radius 1 is 1.50 bits per heavy atom. The van der Waals surface area contributed by atoms with Crippen molar-refractivity contribution in [3.05, 3.63) is 44.3 Å². The highest BCUT2D eigenvalue weighted by Crippen LogP contribution is 2.28. The van der Waals surface area contributed by atoms with E-state index in [-0.39, 0.29) is 0 Å². The van der Waals surface area contributed by atoms with Gasteiger partial charge in [-0.05, 0) is 30.7 Å². The molecule has 1 unspecified atom stereocenters. The monoisotopic (exact) mass is 327 g/mol. The largest absolute Gasteiger partial charge is 0.496 e. The molecule has 0 bridgehead atoms. The van der Waals surface area contributed by atoms with E-state index in [9.17, 15) is 5.11 Å². The highest BCUT2D eigenvalue weighted by Gasteiger charge is 2.15. The second-order valence-electron chi connectivity index (χ2n) is 4.00. The maximum absolute atomic E-state index is 10.2. The number of aryl methyl sites for hydroxylation is 1. The number of halogens is 1. The van der Waals surface area contributed by atoms with Gasteiger partial charge in [-0.25, -0.2) is 4.98 Å². The van der Waals surface area contributed by atoms with E-state index in [1.54, 1.807) is 7.11 Å². The molecular formula is C13H14BrNO2S. The minimum Gasteiger partial charge on any atom is -0.496 e. The highest BCUT2D eigenvalue weighted by molar-refractivity contribution is 9.10. The average molecular weight is 328 g/mol. The summed E-state index contributed by atoms with van der Waals surface area (Å²) in [6.07, 6.45) is -0.0952. The molecule has 0 aliphatic carbocycles. The van der Waals surface area contributed by atoms with Crippen molar-refractivity contribution in [2.75, 3.05) is 7.11 Å². The molecule has 1 atom stereocenters. The quantitative estimate of drug-likeness (QED) is 0.934. The van der Waals surface area contributed by atoms with Crippen molar-refractivity contribution in [2.24, 2.45) is 0 Å². The summed E-state index contributed by atoms with van der Waals surface area (Å²) in [4.78, 5) is 4.30. The summed E-state index contributed by atoms with van der Waals surface area (Å²) >= 11 is 4.91. The van der Waals surface area contributed by atoms with Gasteiger partial charge in [0.1, 0.15) is 16.9 Å². The number of aliphatic hydroxyl groups excluding tert-OH is 1. The van der Waals surface area contributed by atoms with E-state index >= 15 is 0 Å². The summed E-state index contributed by atoms with van der Waals surface area (Å²) in [6.45, 7) is 1.92. The van der Waals surface area contributed by atoms with Gasteiger partial charge in [0, 0.05) is 22.0 Å². The molecule has 18 heavy (non-hydrogen) atoms. The van der Waals surface area contributed by atoms with E-state index in [0.29, 0.717) is 6.42 Å². The number of methoxy groups -OCH3 is 1. The van der Waals surface area contributed by atoms with E-state index in [0.717, 1.165) is 26.5 Å². The van der Waals surface area contributed by atoms with Crippen LogP contribution in [0.3, 0.4) is 0 Å². The lowest BCUT2D eigenvalue weighted by Gasteiger charge is -2.12. The summed E-state index contributed by atoms with van der Waals surface area (Å²) in [5.41, 5.74) is 1.91. The number of aliphatic hydroxyl groups is 1. The summed E-state index contributed by atoms with van der Waals surface area (Å²) in [7, 11) is 1.63. The van der Waals surface area contributed by atoms with Crippen molar-refractivity contribution < 1.29 is 9.84 Å². The molecule has 0 saturated carbocycles. The van der Waals surface area contributed by atoms with Crippen LogP contribution >= 0.6 is 27.3 Å². The highest BCUT2D eigenvalue weighted by atomic mass is 79.9. The van der Waals surface area contributed by atoms with Crippen molar-refractivity contribution in [3.63, 3.8) is 0 Å². The molecule has 1 aromatic carbocycles. The Morgan fingerprint density at radius 3 is 2.89 bits per heavy atom. The Balaban J connectivity index is 2.20. The Kier molecular flexibility index (Phi) is 4.37. The fraction of sp³-hybridized carbons (Fsp3) is 0.308. The van der Waals surface area contributed by atoms with Crippen molar-refractivity contribution in [1.82, 2.24) is 4.98 Å². The van der Waals surface area contributed by atoms with E-state index < -0.39 is 6.10 Å². The van der Waals surface area contributed by atoms with Crippen LogP contribution in [0.15, 0.2) is 28.1 Å². The molecule has 1 N–H and O–H groups in total. The third-order valence-electron chi connectivity index (χ3n) is 2.58. The fourth-order valence-electron chi connectivity index (χ4n) is 1.73. The molecule has 2 rings (SSSR count). The maximum Gasteiger partial charge on any atom is 0.122 e. The first-order chi connectivity index (χ1) is 8.60. The smallest absolute Gasteiger partial charge is 0.122 e. The second kappa shape index (κ2) is 5.82. The fourth-order valence-corrected chi connectivity index (χ4v) is 2.92. The molecule has 1 aromatic heterocycles. The van der Waals surface area contributed by atoms with Crippen molar-refractivity contribution >= 4 is 27.3 Å². The van der Waals surface area contributed by atoms with Crippen LogP contribution in [0.1, 0.15) is 22.4 Å². The SMILES string of the molecule is COc1ccc(Br)cc1CC(O)c1nc(C)cs1. The molecule has 5 heteroatoms. The van der Waals surface area contributed by atoms with Gasteiger partial charge >= 0.3 is 0 Å². The predicted octanol–water partition coefficient (Wildman–Crippen LogP) is 3.50. The zero-order chi connectivity index (χ0) is 13.1. The van der Waals surface area contributed by atoms with Crippen molar-refractivity contribution in [3.8, 4) is 5.75 Å². The normalized spacial score (nSPS) is 12.4. The first-order valence-electron chi connectivity index (χ1n) is 5.52. The summed E-state index contributed by atoms with van der Waals surface area (Å²) in [5.74, 6) is 0.783. The van der Waals surface area contributed by atoms with E-state index in [1.165, 1.54) is 11.3 Å². The molecule has 0 aliphatic rings. The molecule has 0 fully saturated rings. The molecule has 1 heterocycles. The first-order valence-corrected chi connectivity index (χ1v) is 7.20. The predicted molar refractivity (Wildman–Crippen MR) is 76.2 cm³/mol. The molecule has 0 spiro atoms. The second-order valence-corrected chi connectivity index (χ2v) is 5.81. The number of thiazole rings is 1. The standard InChI is InChI=1S/C13H14BrNO2S/c1-8-7-18-13(15-8)11(16)6-9-5-10(14)3-4-12(9)17-2/h3-5,7,11,16H,6H2,1-2H3. The molecule has 0 radical (unpaired) electrons. The number of hydrogen-bond donors (Lipinski definition) is 1. The zero-order valence-electron chi connectivity index (χ0n) is 10.2. The lowest BCUT2D eigenvalue weighted by atomic mass is 10.1. The molecule has 2 aromatic rings. The van der Waals surface area contributed by atoms with Gasteiger partial charge in [0.25, 0.3) is 0 Å². The zero-order valence-corrected chi connectivity index (χ0v) is 12.6. The van der Waals surface area contributed by atoms with Crippen LogP contribution in [-0.4, -0.2) is 17.2 Å². The maximum atomic E-state index is 10.2. The molecule has 3 nitrogen and oxygen atoms in total. The summed E-state index contributed by atoms with van der Waals surface area (Å²) in [6, 6.07) is 5.77. The van der Waals surface area contributed by atoms with Crippen LogP contribution in [0.2, 0.25) is 0 Å². The number of nitrogens with zero attached hydrogens (tertiary/aromatic N) is 1. The lowest BCUT2D eigenvalue weighted by molar-refractivity contribution is 0.176. The molecule has 0 amide bonds. The minimum absolute atomic E-state index is 0.496. The number of hydrogen-bond acceptors (Lipinski definition) is 4. The van der Waals surface area contributed by atoms with Crippen molar-refractivity contribution in [2.45, 2.75) is 19.4 Å². The molecule has 96 valence electrons. The van der Waals surface area contributed by atoms with E-state index in [1.807, 2.05) is 30.5 Å². The third-order valence-corrected chi connectivity index (χ3v) is 4.13. The number of aromatic nitrogens is 1. The van der Waals surface area contributed by atoms with Crippen LogP contribution in [0.4, 0.5) is 0 Å². The molecular weight excluding hydrogens is 314 g/mol. The third kappa shape index (κ3) is 3.10. The van der Waals surface area contributed by atoms with Gasteiger partial charge in [-0.3, -0.25) is 0 Å². The minimum atomic E-state index is -0.591. The van der Waals surface area contributed by atoms with Crippen LogP contribution < -0.4 is 4.74 Å². The van der Waals surface area contributed by atoms with Crippen LogP contribution in [0.5, 0.6) is 5.75 Å². The van der Waals surface area contributed by atoms with Gasteiger partial charge in [-0.2, -0.15) is 0 Å². The van der Waals surface area contributed by atoms with E-state index in [2.05, 4.69) is 20.9 Å². The number of benzene rings is 1. The van der Waals surface area contributed by atoms with Gasteiger partial charge < -0.3 is 9.84 Å². The first kappa shape index (κ1) is 13.5. The van der Waals surface area contributed by atoms with Gasteiger partial charge in [0.05, 0.1) is 7.11 Å². The lowest BCUT2D eigenvalue weighted by Crippen LogP contribution is -2.03. The molecule has 0 aliphatic heterocycles. The average Bonchev–Trinajstić information content (AvgIpc) is 2.76. The van der Waals surface area contributed by atoms with Gasteiger partial charge in [0.15, 0.2) is 0 Å². The Morgan fingerprint density at radius 2 is 2.28 bits per heavy atom. The van der Waals surface area contributed by atoms with Crippen LogP contribution in [0.25, 0.3) is 0 Å². The van der Waals surface area contributed by atoms with Crippen molar-refractivity contribution in [1.29, 1.82) is 0 Å². The molecule has 0 saturated heterocycles. The topological polar surface area (TPSA) is 42.4 Å². The summed E-state index contributed by atoms with van der Waals surface area (Å²) in [5, 5.41) is 12.9. The number of rotatable bonds is 4. The Bertz CT molecular complexity index is 542. The number of ether oxygens (including phenoxy) is 1. The van der Waals surface area contributed by atoms with Gasteiger partial charge in [-0.15, -0.1) is 11.3 Å². The Hall–Kier alpha value is -0.910. The van der Waals surface area contributed by atoms with Crippen LogP contribution in [0, 0.1) is 6.92 Å².